The first-order chi connectivity index (χ1) is 11.3. The van der Waals surface area contributed by atoms with Gasteiger partial charge in [-0.1, -0.05) is 47.5 Å². The summed E-state index contributed by atoms with van der Waals surface area (Å²) in [4.78, 5) is 24.1. The highest BCUT2D eigenvalue weighted by molar-refractivity contribution is 6.31. The molecule has 0 saturated carbocycles. The smallest absolute Gasteiger partial charge is 0.311 e. The lowest BCUT2D eigenvalue weighted by molar-refractivity contribution is -0.152. The van der Waals surface area contributed by atoms with Gasteiger partial charge in [-0.2, -0.15) is 0 Å². The highest BCUT2D eigenvalue weighted by atomic mass is 35.5. The zero-order valence-electron chi connectivity index (χ0n) is 13.9. The zero-order chi connectivity index (χ0) is 17.7. The molecule has 0 unspecified atom stereocenters. The van der Waals surface area contributed by atoms with E-state index < -0.39 is 18.0 Å². The van der Waals surface area contributed by atoms with Crippen molar-refractivity contribution in [3.05, 3.63) is 64.2 Å². The molecule has 0 spiro atoms. The lowest BCUT2D eigenvalue weighted by atomic mass is 10.1. The summed E-state index contributed by atoms with van der Waals surface area (Å²) in [5.74, 6) is -0.832. The maximum absolute atomic E-state index is 12.2. The topological polar surface area (TPSA) is 55.4 Å². The molecule has 0 aliphatic rings. The number of amides is 1. The third-order valence-corrected chi connectivity index (χ3v) is 3.84. The SMILES string of the molecule is Cc1ccc(CC(=O)O[C@@H](C)C(=O)Nc2cc(Cl)ccc2C)cc1. The quantitative estimate of drug-likeness (QED) is 0.831. The first-order valence-electron chi connectivity index (χ1n) is 7.67. The standard InChI is InChI=1S/C19H20ClNO3/c1-12-4-7-15(8-5-12)10-18(22)24-14(3)19(23)21-17-11-16(20)9-6-13(17)2/h4-9,11,14H,10H2,1-3H3,(H,21,23)/t14-/m0/s1. The van der Waals surface area contributed by atoms with Crippen LogP contribution in [0.4, 0.5) is 5.69 Å². The average molecular weight is 346 g/mol. The molecule has 0 radical (unpaired) electrons. The predicted octanol–water partition coefficient (Wildman–Crippen LogP) is 4.07. The van der Waals surface area contributed by atoms with Crippen LogP contribution in [0, 0.1) is 13.8 Å². The van der Waals surface area contributed by atoms with Gasteiger partial charge in [0.15, 0.2) is 6.10 Å². The number of anilines is 1. The van der Waals surface area contributed by atoms with Crippen molar-refractivity contribution in [2.24, 2.45) is 0 Å². The van der Waals surface area contributed by atoms with Crippen LogP contribution in [0.25, 0.3) is 0 Å². The number of hydrogen-bond donors (Lipinski definition) is 1. The molecule has 1 amide bonds. The maximum Gasteiger partial charge on any atom is 0.311 e. The van der Waals surface area contributed by atoms with E-state index >= 15 is 0 Å². The van der Waals surface area contributed by atoms with Crippen molar-refractivity contribution in [2.45, 2.75) is 33.3 Å². The molecule has 1 N–H and O–H groups in total. The third-order valence-electron chi connectivity index (χ3n) is 3.60. The van der Waals surface area contributed by atoms with Crippen LogP contribution in [-0.4, -0.2) is 18.0 Å². The van der Waals surface area contributed by atoms with Crippen LogP contribution in [0.2, 0.25) is 5.02 Å². The molecule has 0 fully saturated rings. The summed E-state index contributed by atoms with van der Waals surface area (Å²) in [6.45, 7) is 5.38. The van der Waals surface area contributed by atoms with Gasteiger partial charge in [0.05, 0.1) is 6.42 Å². The number of esters is 1. The number of ether oxygens (including phenoxy) is 1. The Morgan fingerprint density at radius 3 is 2.46 bits per heavy atom. The number of rotatable bonds is 5. The second-order valence-corrected chi connectivity index (χ2v) is 6.18. The van der Waals surface area contributed by atoms with Gasteiger partial charge in [0.25, 0.3) is 5.91 Å². The largest absolute Gasteiger partial charge is 0.452 e. The second kappa shape index (κ2) is 7.97. The summed E-state index contributed by atoms with van der Waals surface area (Å²) in [7, 11) is 0. The molecular weight excluding hydrogens is 326 g/mol. The molecule has 0 aromatic heterocycles. The summed E-state index contributed by atoms with van der Waals surface area (Å²) < 4.78 is 5.20. The molecule has 5 heteroatoms. The van der Waals surface area contributed by atoms with E-state index in [1.807, 2.05) is 44.2 Å². The van der Waals surface area contributed by atoms with Gasteiger partial charge in [-0.3, -0.25) is 9.59 Å². The van der Waals surface area contributed by atoms with Gasteiger partial charge in [0.2, 0.25) is 0 Å². The fourth-order valence-electron chi connectivity index (χ4n) is 2.13. The Labute approximate surface area is 146 Å². The van der Waals surface area contributed by atoms with E-state index in [2.05, 4.69) is 5.32 Å². The Kier molecular flexibility index (Phi) is 5.99. The number of nitrogens with one attached hydrogen (secondary N) is 1. The fraction of sp³-hybridized carbons (Fsp3) is 0.263. The lowest BCUT2D eigenvalue weighted by Gasteiger charge is -2.15. The van der Waals surface area contributed by atoms with E-state index in [9.17, 15) is 9.59 Å². The average Bonchev–Trinajstić information content (AvgIpc) is 2.53. The van der Waals surface area contributed by atoms with Crippen LogP contribution in [0.5, 0.6) is 0 Å². The Balaban J connectivity index is 1.92. The molecule has 0 aliphatic carbocycles. The Morgan fingerprint density at radius 2 is 1.79 bits per heavy atom. The number of carbonyl (C=O) groups is 2. The molecule has 2 rings (SSSR count). The molecule has 2 aromatic rings. The monoisotopic (exact) mass is 345 g/mol. The predicted molar refractivity (Wildman–Crippen MR) is 95.3 cm³/mol. The van der Waals surface area contributed by atoms with E-state index in [0.29, 0.717) is 10.7 Å². The van der Waals surface area contributed by atoms with Crippen molar-refractivity contribution in [3.63, 3.8) is 0 Å². The van der Waals surface area contributed by atoms with Gasteiger partial charge in [-0.05, 0) is 44.0 Å². The summed E-state index contributed by atoms with van der Waals surface area (Å²) in [5, 5.41) is 3.25. The van der Waals surface area contributed by atoms with Crippen molar-refractivity contribution < 1.29 is 14.3 Å². The Bertz CT molecular complexity index is 741. The maximum atomic E-state index is 12.2. The number of hydrogen-bond acceptors (Lipinski definition) is 3. The third kappa shape index (κ3) is 5.10. The van der Waals surface area contributed by atoms with Crippen LogP contribution in [0.1, 0.15) is 23.6 Å². The van der Waals surface area contributed by atoms with E-state index in [0.717, 1.165) is 16.7 Å². The molecule has 4 nitrogen and oxygen atoms in total. The van der Waals surface area contributed by atoms with E-state index in [1.54, 1.807) is 19.1 Å². The Hall–Kier alpha value is -2.33. The van der Waals surface area contributed by atoms with Crippen molar-refractivity contribution >= 4 is 29.2 Å². The van der Waals surface area contributed by atoms with Crippen molar-refractivity contribution in [3.8, 4) is 0 Å². The summed E-state index contributed by atoms with van der Waals surface area (Å²) in [6, 6.07) is 12.8. The number of halogens is 1. The molecule has 126 valence electrons. The summed E-state index contributed by atoms with van der Waals surface area (Å²) in [6.07, 6.45) is -0.755. The molecule has 0 aliphatic heterocycles. The summed E-state index contributed by atoms with van der Waals surface area (Å²) >= 11 is 5.93. The zero-order valence-corrected chi connectivity index (χ0v) is 14.7. The van der Waals surface area contributed by atoms with E-state index in [4.69, 9.17) is 16.3 Å². The lowest BCUT2D eigenvalue weighted by Crippen LogP contribution is -2.30. The van der Waals surface area contributed by atoms with Crippen molar-refractivity contribution in [2.75, 3.05) is 5.32 Å². The van der Waals surface area contributed by atoms with Gasteiger partial charge in [0, 0.05) is 10.7 Å². The van der Waals surface area contributed by atoms with Gasteiger partial charge < -0.3 is 10.1 Å². The normalized spacial score (nSPS) is 11.7. The first kappa shape index (κ1) is 18.0. The van der Waals surface area contributed by atoms with Gasteiger partial charge in [0.1, 0.15) is 0 Å². The van der Waals surface area contributed by atoms with Crippen molar-refractivity contribution in [1.29, 1.82) is 0 Å². The van der Waals surface area contributed by atoms with Crippen LogP contribution in [-0.2, 0) is 20.7 Å². The highest BCUT2D eigenvalue weighted by Gasteiger charge is 2.18. The highest BCUT2D eigenvalue weighted by Crippen LogP contribution is 2.20. The molecule has 0 saturated heterocycles. The second-order valence-electron chi connectivity index (χ2n) is 5.74. The van der Waals surface area contributed by atoms with Crippen LogP contribution < -0.4 is 5.32 Å². The fourth-order valence-corrected chi connectivity index (χ4v) is 2.30. The molecule has 24 heavy (non-hydrogen) atoms. The van der Waals surface area contributed by atoms with Crippen LogP contribution in [0.3, 0.4) is 0 Å². The van der Waals surface area contributed by atoms with Gasteiger partial charge >= 0.3 is 5.97 Å². The molecular formula is C19H20ClNO3. The minimum Gasteiger partial charge on any atom is -0.452 e. The van der Waals surface area contributed by atoms with E-state index in [-0.39, 0.29) is 6.42 Å². The summed E-state index contributed by atoms with van der Waals surface area (Å²) in [5.41, 5.74) is 3.46. The number of aryl methyl sites for hydroxylation is 2. The molecule has 0 bridgehead atoms. The molecule has 0 heterocycles. The van der Waals surface area contributed by atoms with Gasteiger partial charge in [-0.25, -0.2) is 0 Å². The first-order valence-corrected chi connectivity index (χ1v) is 8.05. The number of carbonyl (C=O) groups excluding carboxylic acids is 2. The van der Waals surface area contributed by atoms with E-state index in [1.165, 1.54) is 0 Å². The number of benzene rings is 2. The minimum absolute atomic E-state index is 0.133. The van der Waals surface area contributed by atoms with Crippen molar-refractivity contribution in [1.82, 2.24) is 0 Å². The van der Waals surface area contributed by atoms with Crippen LogP contribution in [0.15, 0.2) is 42.5 Å². The molecule has 2 aromatic carbocycles. The minimum atomic E-state index is -0.888. The Morgan fingerprint density at radius 1 is 1.12 bits per heavy atom. The molecule has 1 atom stereocenters. The van der Waals surface area contributed by atoms with Crippen LogP contribution >= 0.6 is 11.6 Å². The van der Waals surface area contributed by atoms with Gasteiger partial charge in [-0.15, -0.1) is 0 Å².